The molecular formula is C23H25N7O3. The van der Waals surface area contributed by atoms with Crippen molar-refractivity contribution in [3.8, 4) is 5.69 Å². The maximum Gasteiger partial charge on any atom is 0.284 e. The lowest BCUT2D eigenvalue weighted by atomic mass is 10.1. The van der Waals surface area contributed by atoms with Crippen molar-refractivity contribution in [3.63, 3.8) is 0 Å². The molecule has 1 amide bonds. The molecule has 33 heavy (non-hydrogen) atoms. The van der Waals surface area contributed by atoms with Gasteiger partial charge in [-0.25, -0.2) is 14.2 Å². The number of carbonyl (C=O) groups is 1. The molecule has 1 aromatic carbocycles. The molecule has 0 radical (unpaired) electrons. The molecule has 0 spiro atoms. The molecule has 4 aromatic rings. The smallest absolute Gasteiger partial charge is 0.284 e. The van der Waals surface area contributed by atoms with Crippen LogP contribution in [0.25, 0.3) is 11.3 Å². The molecule has 1 fully saturated rings. The third-order valence-electron chi connectivity index (χ3n) is 6.28. The summed E-state index contributed by atoms with van der Waals surface area (Å²) in [6.07, 6.45) is 3.98. The van der Waals surface area contributed by atoms with Crippen molar-refractivity contribution in [2.75, 3.05) is 18.1 Å². The highest BCUT2D eigenvalue weighted by Gasteiger charge is 2.35. The van der Waals surface area contributed by atoms with E-state index in [4.69, 9.17) is 0 Å². The minimum atomic E-state index is -0.413. The summed E-state index contributed by atoms with van der Waals surface area (Å²) in [6, 6.07) is 12.5. The molecule has 3 aromatic heterocycles. The second kappa shape index (κ2) is 8.21. The van der Waals surface area contributed by atoms with Gasteiger partial charge in [-0.05, 0) is 37.6 Å². The predicted molar refractivity (Wildman–Crippen MR) is 123 cm³/mol. The highest BCUT2D eigenvalue weighted by atomic mass is 16.3. The second-order valence-corrected chi connectivity index (χ2v) is 8.25. The first-order valence-electron chi connectivity index (χ1n) is 10.8. The number of hydrogen-bond donors (Lipinski definition) is 2. The summed E-state index contributed by atoms with van der Waals surface area (Å²) in [4.78, 5) is 32.5. The van der Waals surface area contributed by atoms with Gasteiger partial charge in [-0.3, -0.25) is 14.3 Å². The summed E-state index contributed by atoms with van der Waals surface area (Å²) >= 11 is 0. The van der Waals surface area contributed by atoms with Crippen molar-refractivity contribution in [2.24, 2.45) is 7.05 Å². The number of carbonyl (C=O) groups excluding carboxylic acids is 1. The van der Waals surface area contributed by atoms with E-state index in [-0.39, 0.29) is 29.8 Å². The van der Waals surface area contributed by atoms with E-state index in [0.29, 0.717) is 30.2 Å². The van der Waals surface area contributed by atoms with Gasteiger partial charge in [0.1, 0.15) is 11.4 Å². The maximum absolute atomic E-state index is 13.2. The van der Waals surface area contributed by atoms with Crippen LogP contribution in [0.2, 0.25) is 0 Å². The van der Waals surface area contributed by atoms with E-state index in [1.54, 1.807) is 35.6 Å². The van der Waals surface area contributed by atoms with Crippen molar-refractivity contribution >= 4 is 17.4 Å². The molecule has 1 aliphatic rings. The molecule has 1 aliphatic heterocycles. The number of hydrogen-bond acceptors (Lipinski definition) is 6. The topological polar surface area (TPSA) is 110 Å². The predicted octanol–water partition coefficient (Wildman–Crippen LogP) is 0.897. The van der Waals surface area contributed by atoms with Gasteiger partial charge in [-0.15, -0.1) is 5.10 Å². The number of nitrogens with zero attached hydrogens (tertiary/aromatic N) is 6. The van der Waals surface area contributed by atoms with E-state index in [2.05, 4.69) is 15.4 Å². The molecule has 0 saturated carbocycles. The van der Waals surface area contributed by atoms with Crippen molar-refractivity contribution in [2.45, 2.75) is 25.4 Å². The first kappa shape index (κ1) is 21.0. The van der Waals surface area contributed by atoms with Crippen molar-refractivity contribution in [1.82, 2.24) is 29.3 Å². The van der Waals surface area contributed by atoms with Crippen LogP contribution in [-0.2, 0) is 7.05 Å². The number of imidazole rings is 1. The number of nitrogens with one attached hydrogen (secondary N) is 1. The highest BCUT2D eigenvalue weighted by molar-refractivity contribution is 5.95. The normalized spacial score (nSPS) is 18.2. The summed E-state index contributed by atoms with van der Waals surface area (Å²) in [6.45, 7) is 2.17. The van der Waals surface area contributed by atoms with Crippen LogP contribution in [-0.4, -0.2) is 60.2 Å². The number of aliphatic hydroxyl groups excluding tert-OH is 1. The maximum atomic E-state index is 13.2. The molecule has 5 rings (SSSR count). The van der Waals surface area contributed by atoms with Crippen LogP contribution in [0.5, 0.6) is 0 Å². The standard InChI is InChI=1S/C23H25N7O3/c1-15-21(23(33)30(27(15)2)17-6-4-3-5-7-17)22(32)25-16-12-18(14-31)28(13-16)20-9-8-19-24-10-11-29(19)26-20/h3-11,16,18,31H,12-14H2,1-2H3,(H,25,32)/t16-,18+/m0/s1. The van der Waals surface area contributed by atoms with Crippen LogP contribution in [0, 0.1) is 6.92 Å². The van der Waals surface area contributed by atoms with Crippen LogP contribution in [0.3, 0.4) is 0 Å². The number of para-hydroxylation sites is 1. The van der Waals surface area contributed by atoms with Gasteiger partial charge >= 0.3 is 0 Å². The zero-order valence-corrected chi connectivity index (χ0v) is 18.4. The van der Waals surface area contributed by atoms with Crippen molar-refractivity contribution in [3.05, 3.63) is 76.5 Å². The van der Waals surface area contributed by atoms with Crippen LogP contribution in [0.15, 0.2) is 59.7 Å². The van der Waals surface area contributed by atoms with E-state index in [9.17, 15) is 14.7 Å². The number of anilines is 1. The number of amides is 1. The molecule has 0 bridgehead atoms. The third kappa shape index (κ3) is 3.58. The van der Waals surface area contributed by atoms with E-state index in [0.717, 1.165) is 5.65 Å². The summed E-state index contributed by atoms with van der Waals surface area (Å²) < 4.78 is 4.86. The average Bonchev–Trinajstić information content (AvgIpc) is 3.50. The molecule has 10 heteroatoms. The van der Waals surface area contributed by atoms with Gasteiger partial charge in [-0.2, -0.15) is 0 Å². The lowest BCUT2D eigenvalue weighted by Crippen LogP contribution is -2.39. The van der Waals surface area contributed by atoms with E-state index < -0.39 is 5.91 Å². The fourth-order valence-electron chi connectivity index (χ4n) is 4.52. The zero-order valence-electron chi connectivity index (χ0n) is 18.4. The molecule has 170 valence electrons. The van der Waals surface area contributed by atoms with Crippen LogP contribution in [0.4, 0.5) is 5.82 Å². The van der Waals surface area contributed by atoms with Crippen LogP contribution >= 0.6 is 0 Å². The van der Waals surface area contributed by atoms with E-state index >= 15 is 0 Å². The molecule has 2 atom stereocenters. The largest absolute Gasteiger partial charge is 0.394 e. The molecular weight excluding hydrogens is 422 g/mol. The van der Waals surface area contributed by atoms with Crippen molar-refractivity contribution in [1.29, 1.82) is 0 Å². The zero-order chi connectivity index (χ0) is 23.1. The fourth-order valence-corrected chi connectivity index (χ4v) is 4.52. The first-order chi connectivity index (χ1) is 16.0. The Hall–Kier alpha value is -3.92. The summed E-state index contributed by atoms with van der Waals surface area (Å²) in [5.74, 6) is 0.281. The van der Waals surface area contributed by atoms with Gasteiger partial charge in [0, 0.05) is 32.0 Å². The van der Waals surface area contributed by atoms with Gasteiger partial charge < -0.3 is 15.3 Å². The lowest BCUT2D eigenvalue weighted by molar-refractivity contribution is 0.0937. The number of rotatable bonds is 5. The Bertz CT molecular complexity index is 1370. The quantitative estimate of drug-likeness (QED) is 0.470. The van der Waals surface area contributed by atoms with Crippen molar-refractivity contribution < 1.29 is 9.90 Å². The molecule has 0 unspecified atom stereocenters. The molecule has 0 aliphatic carbocycles. The van der Waals surface area contributed by atoms with Gasteiger partial charge in [0.15, 0.2) is 5.65 Å². The van der Waals surface area contributed by atoms with Gasteiger partial charge in [0.05, 0.1) is 24.0 Å². The Morgan fingerprint density at radius 2 is 2.00 bits per heavy atom. The number of benzene rings is 1. The first-order valence-corrected chi connectivity index (χ1v) is 10.8. The van der Waals surface area contributed by atoms with Gasteiger partial charge in [0.25, 0.3) is 11.5 Å². The summed E-state index contributed by atoms with van der Waals surface area (Å²) in [5.41, 5.74) is 1.78. The van der Waals surface area contributed by atoms with Crippen LogP contribution in [0.1, 0.15) is 22.5 Å². The monoisotopic (exact) mass is 447 g/mol. The Kier molecular flexibility index (Phi) is 5.21. The molecule has 4 heterocycles. The fraction of sp³-hybridized carbons (Fsp3) is 0.304. The highest BCUT2D eigenvalue weighted by Crippen LogP contribution is 2.24. The second-order valence-electron chi connectivity index (χ2n) is 8.25. The SMILES string of the molecule is Cc1c(C(=O)N[C@H]2C[C@H](CO)N(c3ccc4nccn4n3)C2)c(=O)n(-c2ccccc2)n1C. The molecule has 2 N–H and O–H groups in total. The Labute approximate surface area is 189 Å². The number of fused-ring (bicyclic) bond motifs is 1. The Balaban J connectivity index is 1.39. The van der Waals surface area contributed by atoms with E-state index in [1.807, 2.05) is 47.4 Å². The van der Waals surface area contributed by atoms with E-state index in [1.165, 1.54) is 4.68 Å². The minimum Gasteiger partial charge on any atom is -0.394 e. The van der Waals surface area contributed by atoms with Crippen LogP contribution < -0.4 is 15.8 Å². The van der Waals surface area contributed by atoms with Gasteiger partial charge in [0.2, 0.25) is 0 Å². The lowest BCUT2D eigenvalue weighted by Gasteiger charge is -2.23. The molecule has 1 saturated heterocycles. The number of aliphatic hydroxyl groups is 1. The average molecular weight is 447 g/mol. The minimum absolute atomic E-state index is 0.0683. The third-order valence-corrected chi connectivity index (χ3v) is 6.28. The Morgan fingerprint density at radius 3 is 2.76 bits per heavy atom. The van der Waals surface area contributed by atoms with Gasteiger partial charge in [-0.1, -0.05) is 18.2 Å². The number of aromatic nitrogens is 5. The Morgan fingerprint density at radius 1 is 1.21 bits per heavy atom. The summed E-state index contributed by atoms with van der Waals surface area (Å²) in [5, 5.41) is 17.5. The molecule has 10 nitrogen and oxygen atoms in total. The summed E-state index contributed by atoms with van der Waals surface area (Å²) in [7, 11) is 1.76.